The van der Waals surface area contributed by atoms with E-state index in [2.05, 4.69) is 155 Å². The van der Waals surface area contributed by atoms with Crippen molar-refractivity contribution < 1.29 is 0 Å². The van der Waals surface area contributed by atoms with Gasteiger partial charge in [0.15, 0.2) is 5.82 Å². The van der Waals surface area contributed by atoms with Crippen molar-refractivity contribution in [3.8, 4) is 79.7 Å². The van der Waals surface area contributed by atoms with Crippen LogP contribution in [0.15, 0.2) is 218 Å². The van der Waals surface area contributed by atoms with Crippen LogP contribution in [0, 0.1) is 22.7 Å². The maximum atomic E-state index is 9.71. The fourth-order valence-electron chi connectivity index (χ4n) is 9.38. The minimum Gasteiger partial charge on any atom is -0.309 e. The van der Waals surface area contributed by atoms with Crippen LogP contribution in [0.5, 0.6) is 0 Å². The van der Waals surface area contributed by atoms with Crippen molar-refractivity contribution >= 4 is 43.6 Å². The molecule has 12 rings (SSSR count). The molecule has 12 aromatic rings. The molecule has 0 bridgehead atoms. The van der Waals surface area contributed by atoms with Crippen LogP contribution in [0.3, 0.4) is 0 Å². The van der Waals surface area contributed by atoms with Crippen LogP contribution in [0.1, 0.15) is 11.1 Å². The molecule has 0 aliphatic heterocycles. The van der Waals surface area contributed by atoms with E-state index in [0.717, 1.165) is 105 Å². The first kappa shape index (κ1) is 38.3. The highest BCUT2D eigenvalue weighted by atomic mass is 15.0. The summed E-state index contributed by atoms with van der Waals surface area (Å²) < 4.78 is 4.57. The van der Waals surface area contributed by atoms with Gasteiger partial charge >= 0.3 is 0 Å². The molecule has 0 atom stereocenters. The normalized spacial score (nSPS) is 11.3. The molecule has 0 amide bonds. The SMILES string of the molecule is N#Cc1ccc2c(c1)c1cc(C#N)ccc1n2-c1ccc2c(c1)c1ccccc1n2-c1ccc(-c2ccc(-c3ccc(-c4cc(-c5ccccc5)nc(-c5ccccc5)n4)cc3)cc2)cc1. The molecular weight excluding hydrogens is 805 g/mol. The summed E-state index contributed by atoms with van der Waals surface area (Å²) in [7, 11) is 0. The predicted octanol–water partition coefficient (Wildman–Crippen LogP) is 14.7. The second kappa shape index (κ2) is 15.8. The van der Waals surface area contributed by atoms with Crippen LogP contribution in [0.2, 0.25) is 0 Å². The van der Waals surface area contributed by atoms with Crippen molar-refractivity contribution in [2.24, 2.45) is 0 Å². The number of aromatic nitrogens is 4. The largest absolute Gasteiger partial charge is 0.309 e. The molecule has 6 nitrogen and oxygen atoms in total. The van der Waals surface area contributed by atoms with E-state index in [0.29, 0.717) is 17.0 Å². The standard InChI is InChI=1S/C60H36N6/c61-37-39-15-30-57-51(33-39)52-34-40(38-62)16-31-58(52)66(57)49-29-32-59-53(35-49)50-13-7-8-14-56(50)65(59)48-27-25-44(26-28-48)42-19-17-41(18-20-42)43-21-23-46(24-22-43)55-36-54(45-9-3-1-4-10-45)63-60(64-55)47-11-5-2-6-12-47/h1-36H. The van der Waals surface area contributed by atoms with E-state index in [4.69, 9.17) is 9.97 Å². The van der Waals surface area contributed by atoms with Crippen LogP contribution < -0.4 is 0 Å². The van der Waals surface area contributed by atoms with Crippen molar-refractivity contribution in [1.82, 2.24) is 19.1 Å². The zero-order chi connectivity index (χ0) is 44.1. The van der Waals surface area contributed by atoms with Crippen molar-refractivity contribution in [3.63, 3.8) is 0 Å². The maximum absolute atomic E-state index is 9.71. The molecule has 3 aromatic heterocycles. The molecule has 0 aliphatic carbocycles. The molecule has 0 spiro atoms. The van der Waals surface area contributed by atoms with Gasteiger partial charge in [-0.2, -0.15) is 10.5 Å². The maximum Gasteiger partial charge on any atom is 0.160 e. The highest BCUT2D eigenvalue weighted by Gasteiger charge is 2.18. The Morgan fingerprint density at radius 2 is 0.697 bits per heavy atom. The quantitative estimate of drug-likeness (QED) is 0.160. The zero-order valence-electron chi connectivity index (χ0n) is 35.5. The van der Waals surface area contributed by atoms with E-state index in [9.17, 15) is 10.5 Å². The van der Waals surface area contributed by atoms with E-state index in [1.165, 1.54) is 0 Å². The zero-order valence-corrected chi connectivity index (χ0v) is 35.5. The number of hydrogen-bond donors (Lipinski definition) is 0. The van der Waals surface area contributed by atoms with Crippen LogP contribution in [0.25, 0.3) is 111 Å². The Bertz CT molecular complexity index is 3780. The Labute approximate surface area is 380 Å². The van der Waals surface area contributed by atoms with Crippen LogP contribution in [-0.2, 0) is 0 Å². The summed E-state index contributed by atoms with van der Waals surface area (Å²) >= 11 is 0. The van der Waals surface area contributed by atoms with Gasteiger partial charge in [-0.1, -0.05) is 140 Å². The summed E-state index contributed by atoms with van der Waals surface area (Å²) in [6, 6.07) is 80.0. The Morgan fingerprint density at radius 1 is 0.303 bits per heavy atom. The van der Waals surface area contributed by atoms with Gasteiger partial charge in [0, 0.05) is 49.6 Å². The third-order valence-corrected chi connectivity index (χ3v) is 12.6. The lowest BCUT2D eigenvalue weighted by Crippen LogP contribution is -1.96. The van der Waals surface area contributed by atoms with Gasteiger partial charge in [-0.05, 0) is 101 Å². The summed E-state index contributed by atoms with van der Waals surface area (Å²) in [5.74, 6) is 0.704. The van der Waals surface area contributed by atoms with E-state index in [-0.39, 0.29) is 0 Å². The first-order valence-electron chi connectivity index (χ1n) is 21.8. The van der Waals surface area contributed by atoms with Gasteiger partial charge < -0.3 is 9.13 Å². The topological polar surface area (TPSA) is 83.2 Å². The Morgan fingerprint density at radius 3 is 1.24 bits per heavy atom. The first-order chi connectivity index (χ1) is 32.6. The van der Waals surface area contributed by atoms with E-state index >= 15 is 0 Å². The summed E-state index contributed by atoms with van der Waals surface area (Å²) in [5, 5.41) is 23.6. The van der Waals surface area contributed by atoms with E-state index in [1.54, 1.807) is 0 Å². The second-order valence-corrected chi connectivity index (χ2v) is 16.5. The fourth-order valence-corrected chi connectivity index (χ4v) is 9.38. The smallest absolute Gasteiger partial charge is 0.160 e. The summed E-state index contributed by atoms with van der Waals surface area (Å²) in [6.45, 7) is 0. The lowest BCUT2D eigenvalue weighted by atomic mass is 9.98. The van der Waals surface area contributed by atoms with E-state index in [1.807, 2.05) is 84.9 Å². The lowest BCUT2D eigenvalue weighted by molar-refractivity contribution is 1.16. The van der Waals surface area contributed by atoms with Crippen LogP contribution >= 0.6 is 0 Å². The number of para-hydroxylation sites is 1. The minimum atomic E-state index is 0.587. The second-order valence-electron chi connectivity index (χ2n) is 16.5. The number of nitriles is 2. The molecule has 66 heavy (non-hydrogen) atoms. The Balaban J connectivity index is 0.844. The number of hydrogen-bond acceptors (Lipinski definition) is 4. The average Bonchev–Trinajstić information content (AvgIpc) is 3.90. The third kappa shape index (κ3) is 6.57. The van der Waals surface area contributed by atoms with Crippen molar-refractivity contribution in [2.75, 3.05) is 0 Å². The molecule has 0 unspecified atom stereocenters. The predicted molar refractivity (Wildman–Crippen MR) is 267 cm³/mol. The monoisotopic (exact) mass is 840 g/mol. The fraction of sp³-hybridized carbons (Fsp3) is 0. The van der Waals surface area contributed by atoms with Gasteiger partial charge in [0.1, 0.15) is 0 Å². The third-order valence-electron chi connectivity index (χ3n) is 12.6. The number of rotatable bonds is 7. The summed E-state index contributed by atoms with van der Waals surface area (Å²) in [6.07, 6.45) is 0. The van der Waals surface area contributed by atoms with Gasteiger partial charge in [0.2, 0.25) is 0 Å². The van der Waals surface area contributed by atoms with Crippen LogP contribution in [0.4, 0.5) is 0 Å². The molecule has 0 fully saturated rings. The van der Waals surface area contributed by atoms with Crippen molar-refractivity contribution in [2.45, 2.75) is 0 Å². The molecule has 0 aliphatic rings. The molecule has 0 saturated carbocycles. The molecule has 6 heteroatoms. The molecule has 0 saturated heterocycles. The average molecular weight is 841 g/mol. The lowest BCUT2D eigenvalue weighted by Gasteiger charge is -2.11. The van der Waals surface area contributed by atoms with Gasteiger partial charge in [-0.15, -0.1) is 0 Å². The number of nitrogens with zero attached hydrogens (tertiary/aromatic N) is 6. The molecule has 9 aromatic carbocycles. The Hall–Kier alpha value is -9.36. The molecule has 0 radical (unpaired) electrons. The van der Waals surface area contributed by atoms with Gasteiger partial charge in [-0.25, -0.2) is 9.97 Å². The summed E-state index contributed by atoms with van der Waals surface area (Å²) in [4.78, 5) is 9.96. The number of fused-ring (bicyclic) bond motifs is 6. The highest BCUT2D eigenvalue weighted by Crippen LogP contribution is 2.38. The van der Waals surface area contributed by atoms with E-state index < -0.39 is 0 Å². The molecular formula is C60H36N6. The highest BCUT2D eigenvalue weighted by molar-refractivity contribution is 6.12. The first-order valence-corrected chi connectivity index (χ1v) is 21.8. The number of benzene rings is 9. The van der Waals surface area contributed by atoms with Gasteiger partial charge in [0.25, 0.3) is 0 Å². The van der Waals surface area contributed by atoms with Gasteiger partial charge in [-0.3, -0.25) is 0 Å². The molecule has 0 N–H and O–H groups in total. The van der Waals surface area contributed by atoms with Crippen molar-refractivity contribution in [3.05, 3.63) is 230 Å². The molecule has 3 heterocycles. The van der Waals surface area contributed by atoms with Crippen LogP contribution in [-0.4, -0.2) is 19.1 Å². The van der Waals surface area contributed by atoms with Crippen molar-refractivity contribution in [1.29, 1.82) is 10.5 Å². The Kier molecular flexibility index (Phi) is 9.16. The molecule has 306 valence electrons. The van der Waals surface area contributed by atoms with Gasteiger partial charge in [0.05, 0.1) is 56.7 Å². The summed E-state index contributed by atoms with van der Waals surface area (Å²) in [5.41, 5.74) is 16.9. The minimum absolute atomic E-state index is 0.587.